The van der Waals surface area contributed by atoms with E-state index in [-0.39, 0.29) is 0 Å². The van der Waals surface area contributed by atoms with Gasteiger partial charge in [-0.15, -0.1) is 0 Å². The summed E-state index contributed by atoms with van der Waals surface area (Å²) in [5, 5.41) is 11.7. The molecule has 0 amide bonds. The number of hydrogen-bond donors (Lipinski definition) is 1. The fraction of sp³-hybridized carbons (Fsp3) is 0.583. The highest BCUT2D eigenvalue weighted by atomic mass is 15.3. The number of nitrogens with one attached hydrogen (secondary N) is 1. The second-order valence-electron chi connectivity index (χ2n) is 4.05. The van der Waals surface area contributed by atoms with Crippen molar-refractivity contribution in [2.24, 2.45) is 0 Å². The van der Waals surface area contributed by atoms with Crippen molar-refractivity contribution in [1.29, 1.82) is 0 Å². The normalized spacial score (nSPS) is 11.0. The van der Waals surface area contributed by atoms with E-state index in [1.54, 1.807) is 0 Å². The standard InChI is InChI=1S/C12H19N5/c1-4-7-11-13-12(15-14-11)10-8-9(5-2)16-17(10)6-3/h8H,4-7H2,1-3H3,(H,13,14,15). The van der Waals surface area contributed by atoms with Crippen molar-refractivity contribution in [3.63, 3.8) is 0 Å². The van der Waals surface area contributed by atoms with Crippen LogP contribution in [-0.2, 0) is 19.4 Å². The summed E-state index contributed by atoms with van der Waals surface area (Å²) in [5.41, 5.74) is 2.09. The molecule has 0 spiro atoms. The molecule has 17 heavy (non-hydrogen) atoms. The summed E-state index contributed by atoms with van der Waals surface area (Å²) in [6.07, 6.45) is 2.95. The van der Waals surface area contributed by atoms with Gasteiger partial charge in [0.05, 0.1) is 5.69 Å². The van der Waals surface area contributed by atoms with Gasteiger partial charge in [-0.1, -0.05) is 13.8 Å². The van der Waals surface area contributed by atoms with E-state index in [1.807, 2.05) is 4.68 Å². The smallest absolute Gasteiger partial charge is 0.199 e. The first-order chi connectivity index (χ1) is 8.28. The molecule has 0 atom stereocenters. The van der Waals surface area contributed by atoms with Crippen molar-refractivity contribution >= 4 is 0 Å². The quantitative estimate of drug-likeness (QED) is 0.861. The largest absolute Gasteiger partial charge is 0.263 e. The molecule has 2 rings (SSSR count). The Balaban J connectivity index is 2.33. The number of aryl methyl sites for hydroxylation is 3. The van der Waals surface area contributed by atoms with Crippen LogP contribution in [0.3, 0.4) is 0 Å². The molecule has 0 aliphatic heterocycles. The lowest BCUT2D eigenvalue weighted by molar-refractivity contribution is 0.652. The van der Waals surface area contributed by atoms with Crippen LogP contribution in [0, 0.1) is 0 Å². The van der Waals surface area contributed by atoms with E-state index >= 15 is 0 Å². The van der Waals surface area contributed by atoms with E-state index in [4.69, 9.17) is 0 Å². The Morgan fingerprint density at radius 3 is 2.76 bits per heavy atom. The van der Waals surface area contributed by atoms with Crippen LogP contribution < -0.4 is 0 Å². The first-order valence-corrected chi connectivity index (χ1v) is 6.26. The van der Waals surface area contributed by atoms with E-state index in [0.717, 1.165) is 48.8 Å². The SMILES string of the molecule is CCCc1nc(-c2cc(CC)nn2CC)n[nH]1. The Morgan fingerprint density at radius 2 is 2.12 bits per heavy atom. The zero-order valence-corrected chi connectivity index (χ0v) is 10.7. The van der Waals surface area contributed by atoms with Gasteiger partial charge in [0, 0.05) is 13.0 Å². The van der Waals surface area contributed by atoms with Gasteiger partial charge >= 0.3 is 0 Å². The Hall–Kier alpha value is -1.65. The molecular formula is C12H19N5. The van der Waals surface area contributed by atoms with Gasteiger partial charge in [-0.05, 0) is 25.8 Å². The maximum atomic E-state index is 4.50. The number of rotatable bonds is 5. The maximum Gasteiger partial charge on any atom is 0.199 e. The molecule has 2 heterocycles. The highest BCUT2D eigenvalue weighted by Crippen LogP contribution is 2.17. The summed E-state index contributed by atoms with van der Waals surface area (Å²) in [4.78, 5) is 4.50. The fourth-order valence-electron chi connectivity index (χ4n) is 1.82. The van der Waals surface area contributed by atoms with Crippen molar-refractivity contribution < 1.29 is 0 Å². The average molecular weight is 233 g/mol. The van der Waals surface area contributed by atoms with Gasteiger partial charge in [-0.2, -0.15) is 10.2 Å². The van der Waals surface area contributed by atoms with Gasteiger partial charge in [-0.25, -0.2) is 4.98 Å². The Morgan fingerprint density at radius 1 is 1.29 bits per heavy atom. The van der Waals surface area contributed by atoms with E-state index in [0.29, 0.717) is 0 Å². The lowest BCUT2D eigenvalue weighted by Crippen LogP contribution is -2.00. The average Bonchev–Trinajstić information content (AvgIpc) is 2.94. The molecule has 0 aliphatic carbocycles. The molecule has 5 nitrogen and oxygen atoms in total. The number of hydrogen-bond acceptors (Lipinski definition) is 3. The first-order valence-electron chi connectivity index (χ1n) is 6.26. The summed E-state index contributed by atoms with van der Waals surface area (Å²) < 4.78 is 1.96. The van der Waals surface area contributed by atoms with Crippen LogP contribution in [0.25, 0.3) is 11.5 Å². The molecule has 0 unspecified atom stereocenters. The summed E-state index contributed by atoms with van der Waals surface area (Å²) in [7, 11) is 0. The molecule has 0 saturated carbocycles. The van der Waals surface area contributed by atoms with E-state index in [2.05, 4.69) is 47.1 Å². The van der Waals surface area contributed by atoms with Gasteiger partial charge in [-0.3, -0.25) is 9.78 Å². The van der Waals surface area contributed by atoms with Gasteiger partial charge in [0.2, 0.25) is 0 Å². The topological polar surface area (TPSA) is 59.4 Å². The van der Waals surface area contributed by atoms with Crippen molar-refractivity contribution in [3.8, 4) is 11.5 Å². The highest BCUT2D eigenvalue weighted by Gasteiger charge is 2.12. The molecule has 0 fully saturated rings. The molecule has 1 N–H and O–H groups in total. The minimum atomic E-state index is 0.752. The van der Waals surface area contributed by atoms with Gasteiger partial charge in [0.25, 0.3) is 0 Å². The summed E-state index contributed by atoms with van der Waals surface area (Å²) >= 11 is 0. The second-order valence-corrected chi connectivity index (χ2v) is 4.05. The predicted molar refractivity (Wildman–Crippen MR) is 66.7 cm³/mol. The maximum absolute atomic E-state index is 4.50. The van der Waals surface area contributed by atoms with E-state index in [9.17, 15) is 0 Å². The minimum absolute atomic E-state index is 0.752. The van der Waals surface area contributed by atoms with E-state index < -0.39 is 0 Å². The van der Waals surface area contributed by atoms with Crippen LogP contribution in [0.15, 0.2) is 6.07 Å². The van der Waals surface area contributed by atoms with Crippen LogP contribution >= 0.6 is 0 Å². The minimum Gasteiger partial charge on any atom is -0.263 e. The molecule has 0 radical (unpaired) electrons. The number of H-pyrrole nitrogens is 1. The second kappa shape index (κ2) is 5.12. The monoisotopic (exact) mass is 233 g/mol. The highest BCUT2D eigenvalue weighted by molar-refractivity contribution is 5.50. The zero-order chi connectivity index (χ0) is 12.3. The van der Waals surface area contributed by atoms with Crippen molar-refractivity contribution in [2.75, 3.05) is 0 Å². The predicted octanol–water partition coefficient (Wildman–Crippen LogP) is 2.20. The summed E-state index contributed by atoms with van der Waals surface area (Å²) in [5.74, 6) is 1.70. The first kappa shape index (κ1) is 11.8. The molecule has 0 bridgehead atoms. The van der Waals surface area contributed by atoms with Gasteiger partial charge in [0.1, 0.15) is 11.5 Å². The lowest BCUT2D eigenvalue weighted by atomic mass is 10.3. The molecule has 2 aromatic heterocycles. The third-order valence-electron chi connectivity index (χ3n) is 2.74. The third kappa shape index (κ3) is 2.38. The molecule has 92 valence electrons. The van der Waals surface area contributed by atoms with E-state index in [1.165, 1.54) is 0 Å². The third-order valence-corrected chi connectivity index (χ3v) is 2.74. The molecule has 5 heteroatoms. The number of aromatic nitrogens is 5. The molecule has 0 aliphatic rings. The van der Waals surface area contributed by atoms with Crippen LogP contribution in [-0.4, -0.2) is 25.0 Å². The summed E-state index contributed by atoms with van der Waals surface area (Å²) in [6, 6.07) is 2.07. The van der Waals surface area contributed by atoms with Gasteiger partial charge in [0.15, 0.2) is 5.82 Å². The molecule has 2 aromatic rings. The summed E-state index contributed by atoms with van der Waals surface area (Å²) in [6.45, 7) is 7.16. The Labute approximate surface area is 101 Å². The van der Waals surface area contributed by atoms with Crippen LogP contribution in [0.4, 0.5) is 0 Å². The lowest BCUT2D eigenvalue weighted by Gasteiger charge is -1.98. The van der Waals surface area contributed by atoms with Crippen LogP contribution in [0.1, 0.15) is 38.7 Å². The zero-order valence-electron chi connectivity index (χ0n) is 10.7. The number of aromatic amines is 1. The fourth-order valence-corrected chi connectivity index (χ4v) is 1.82. The van der Waals surface area contributed by atoms with Crippen LogP contribution in [0.5, 0.6) is 0 Å². The van der Waals surface area contributed by atoms with Crippen molar-refractivity contribution in [2.45, 2.75) is 46.6 Å². The number of nitrogens with zero attached hydrogens (tertiary/aromatic N) is 4. The molecule has 0 saturated heterocycles. The molecular weight excluding hydrogens is 214 g/mol. The Kier molecular flexibility index (Phi) is 3.56. The van der Waals surface area contributed by atoms with Crippen LogP contribution in [0.2, 0.25) is 0 Å². The van der Waals surface area contributed by atoms with Crippen molar-refractivity contribution in [1.82, 2.24) is 25.0 Å². The van der Waals surface area contributed by atoms with Crippen molar-refractivity contribution in [3.05, 3.63) is 17.6 Å². The van der Waals surface area contributed by atoms with Gasteiger partial charge < -0.3 is 0 Å². The molecule has 0 aromatic carbocycles. The Bertz CT molecular complexity index is 483.